The van der Waals surface area contributed by atoms with Crippen molar-refractivity contribution in [3.05, 3.63) is 59.0 Å². The van der Waals surface area contributed by atoms with Gasteiger partial charge in [0.15, 0.2) is 0 Å². The Hall–Kier alpha value is -2.86. The van der Waals surface area contributed by atoms with Crippen LogP contribution in [-0.2, 0) is 4.74 Å². The van der Waals surface area contributed by atoms with Gasteiger partial charge in [-0.2, -0.15) is 0 Å². The minimum Gasteiger partial charge on any atom is -0.506 e. The molecule has 1 aromatic heterocycles. The second kappa shape index (κ2) is 6.72. The Balaban J connectivity index is 2.07. The highest BCUT2D eigenvalue weighted by Crippen LogP contribution is 2.41. The van der Waals surface area contributed by atoms with Crippen LogP contribution in [0, 0.1) is 0 Å². The topological polar surface area (TPSA) is 75.6 Å². The molecule has 1 amide bonds. The lowest BCUT2D eigenvalue weighted by Crippen LogP contribution is -2.14. The molecule has 2 aromatic carbocycles. The zero-order valence-corrected chi connectivity index (χ0v) is 13.7. The number of benzene rings is 2. The summed E-state index contributed by atoms with van der Waals surface area (Å²) in [4.78, 5) is 24.9. The van der Waals surface area contributed by atoms with Crippen LogP contribution in [0.1, 0.15) is 27.0 Å². The van der Waals surface area contributed by atoms with Gasteiger partial charge in [-0.1, -0.05) is 30.3 Å². The monoisotopic (exact) mass is 341 g/mol. The van der Waals surface area contributed by atoms with Crippen molar-refractivity contribution < 1.29 is 19.4 Å². The first-order valence-corrected chi connectivity index (χ1v) is 8.21. The molecule has 0 bridgehead atoms. The molecule has 0 radical (unpaired) electrons. The number of phenols is 1. The van der Waals surface area contributed by atoms with Crippen molar-refractivity contribution in [1.82, 2.24) is 0 Å². The van der Waals surface area contributed by atoms with Crippen LogP contribution in [0.3, 0.4) is 0 Å². The number of ether oxygens (including phenoxy) is 1. The van der Waals surface area contributed by atoms with Gasteiger partial charge in [-0.05, 0) is 25.1 Å². The van der Waals surface area contributed by atoms with E-state index in [0.29, 0.717) is 21.3 Å². The Morgan fingerprint density at radius 1 is 1.12 bits per heavy atom. The van der Waals surface area contributed by atoms with Gasteiger partial charge in [0.25, 0.3) is 5.91 Å². The first-order chi connectivity index (χ1) is 11.6. The molecule has 5 nitrogen and oxygen atoms in total. The van der Waals surface area contributed by atoms with Crippen molar-refractivity contribution in [2.24, 2.45) is 0 Å². The van der Waals surface area contributed by atoms with E-state index < -0.39 is 5.97 Å². The third-order valence-corrected chi connectivity index (χ3v) is 4.64. The van der Waals surface area contributed by atoms with E-state index >= 15 is 0 Å². The molecule has 0 spiro atoms. The number of rotatable bonds is 4. The van der Waals surface area contributed by atoms with Crippen LogP contribution >= 0.6 is 11.3 Å². The van der Waals surface area contributed by atoms with Crippen LogP contribution in [0.15, 0.2) is 48.5 Å². The van der Waals surface area contributed by atoms with E-state index in [9.17, 15) is 14.7 Å². The number of thiophene rings is 1. The van der Waals surface area contributed by atoms with Gasteiger partial charge in [0, 0.05) is 10.9 Å². The van der Waals surface area contributed by atoms with E-state index in [1.54, 1.807) is 43.3 Å². The number of amides is 1. The van der Waals surface area contributed by atoms with Gasteiger partial charge in [-0.25, -0.2) is 4.79 Å². The summed E-state index contributed by atoms with van der Waals surface area (Å²) >= 11 is 1.10. The fourth-order valence-corrected chi connectivity index (χ4v) is 3.41. The normalized spacial score (nSPS) is 10.5. The highest BCUT2D eigenvalue weighted by Gasteiger charge is 2.22. The summed E-state index contributed by atoms with van der Waals surface area (Å²) in [6, 6.07) is 13.7. The first kappa shape index (κ1) is 16.0. The van der Waals surface area contributed by atoms with E-state index in [4.69, 9.17) is 4.74 Å². The van der Waals surface area contributed by atoms with Crippen molar-refractivity contribution in [3.8, 4) is 5.75 Å². The molecular formula is C18H15NO4S. The number of hydrogen-bond donors (Lipinski definition) is 2. The van der Waals surface area contributed by atoms with Crippen molar-refractivity contribution in [1.29, 1.82) is 0 Å². The molecule has 3 aromatic rings. The Labute approximate surface area is 142 Å². The van der Waals surface area contributed by atoms with Gasteiger partial charge in [0.05, 0.1) is 17.0 Å². The molecule has 1 heterocycles. The fourth-order valence-electron chi connectivity index (χ4n) is 2.34. The van der Waals surface area contributed by atoms with Crippen molar-refractivity contribution in [2.75, 3.05) is 11.9 Å². The second-order valence-corrected chi connectivity index (χ2v) is 6.02. The number of nitrogens with one attached hydrogen (secondary N) is 1. The molecule has 2 N–H and O–H groups in total. The maximum Gasteiger partial charge on any atom is 0.350 e. The van der Waals surface area contributed by atoms with Crippen LogP contribution in [0.2, 0.25) is 0 Å². The van der Waals surface area contributed by atoms with Crippen LogP contribution in [0.4, 0.5) is 5.69 Å². The maximum absolute atomic E-state index is 12.5. The van der Waals surface area contributed by atoms with Crippen molar-refractivity contribution in [2.45, 2.75) is 6.92 Å². The predicted octanol–water partition coefficient (Wildman–Crippen LogP) is 4.04. The number of carbonyl (C=O) groups is 2. The standard InChI is InChI=1S/C18H15NO4S/c1-2-23-18(22)16-14(12-9-6-10-13(20)15(12)24-16)19-17(21)11-7-4-3-5-8-11/h3-10,20H,2H2,1H3,(H,19,21). The largest absolute Gasteiger partial charge is 0.506 e. The van der Waals surface area contributed by atoms with E-state index in [0.717, 1.165) is 11.3 Å². The number of anilines is 1. The molecule has 24 heavy (non-hydrogen) atoms. The predicted molar refractivity (Wildman–Crippen MR) is 93.8 cm³/mol. The zero-order chi connectivity index (χ0) is 17.1. The number of hydrogen-bond acceptors (Lipinski definition) is 5. The molecule has 0 aliphatic heterocycles. The van der Waals surface area contributed by atoms with Crippen LogP contribution < -0.4 is 5.32 Å². The summed E-state index contributed by atoms with van der Waals surface area (Å²) in [5.74, 6) is -0.797. The first-order valence-electron chi connectivity index (χ1n) is 7.39. The van der Waals surface area contributed by atoms with E-state index in [2.05, 4.69) is 5.32 Å². The Kier molecular flexibility index (Phi) is 4.48. The van der Waals surface area contributed by atoms with Gasteiger partial charge in [-0.15, -0.1) is 11.3 Å². The molecule has 0 atom stereocenters. The van der Waals surface area contributed by atoms with Crippen molar-refractivity contribution >= 4 is 39.0 Å². The molecule has 0 aliphatic rings. The summed E-state index contributed by atoms with van der Waals surface area (Å²) in [7, 11) is 0. The van der Waals surface area contributed by atoms with E-state index in [1.807, 2.05) is 6.07 Å². The molecule has 3 rings (SSSR count). The Morgan fingerprint density at radius 3 is 2.58 bits per heavy atom. The number of phenolic OH excluding ortho intramolecular Hbond substituents is 1. The number of fused-ring (bicyclic) bond motifs is 1. The van der Waals surface area contributed by atoms with Gasteiger partial charge >= 0.3 is 5.97 Å². The minimum atomic E-state index is -0.526. The molecule has 0 saturated heterocycles. The number of carbonyl (C=O) groups excluding carboxylic acids is 2. The summed E-state index contributed by atoms with van der Waals surface area (Å²) in [5.41, 5.74) is 0.838. The summed E-state index contributed by atoms with van der Waals surface area (Å²) in [5, 5.41) is 13.4. The van der Waals surface area contributed by atoms with Crippen molar-refractivity contribution in [3.63, 3.8) is 0 Å². The summed E-state index contributed by atoms with van der Waals surface area (Å²) in [6.07, 6.45) is 0. The molecular weight excluding hydrogens is 326 g/mol. The zero-order valence-electron chi connectivity index (χ0n) is 12.9. The quantitative estimate of drug-likeness (QED) is 0.702. The third kappa shape index (κ3) is 2.96. The lowest BCUT2D eigenvalue weighted by molar-refractivity contribution is 0.0533. The molecule has 0 aliphatic carbocycles. The summed E-state index contributed by atoms with van der Waals surface area (Å²) in [6.45, 7) is 1.94. The molecule has 0 saturated carbocycles. The minimum absolute atomic E-state index is 0.0586. The molecule has 0 fully saturated rings. The number of aromatic hydroxyl groups is 1. The van der Waals surface area contributed by atoms with Crippen LogP contribution in [0.25, 0.3) is 10.1 Å². The van der Waals surface area contributed by atoms with Crippen LogP contribution in [0.5, 0.6) is 5.75 Å². The van der Waals surface area contributed by atoms with E-state index in [1.165, 1.54) is 6.07 Å². The Bertz CT molecular complexity index is 902. The van der Waals surface area contributed by atoms with Gasteiger partial charge in [-0.3, -0.25) is 4.79 Å². The average Bonchev–Trinajstić information content (AvgIpc) is 2.96. The van der Waals surface area contributed by atoms with E-state index in [-0.39, 0.29) is 23.1 Å². The fraction of sp³-hybridized carbons (Fsp3) is 0.111. The molecule has 0 unspecified atom stereocenters. The maximum atomic E-state index is 12.5. The molecule has 6 heteroatoms. The highest BCUT2D eigenvalue weighted by molar-refractivity contribution is 7.22. The third-order valence-electron chi connectivity index (χ3n) is 3.43. The summed E-state index contributed by atoms with van der Waals surface area (Å²) < 4.78 is 5.60. The number of esters is 1. The van der Waals surface area contributed by atoms with Gasteiger partial charge in [0.1, 0.15) is 10.6 Å². The smallest absolute Gasteiger partial charge is 0.350 e. The second-order valence-electron chi connectivity index (χ2n) is 5.00. The average molecular weight is 341 g/mol. The lowest BCUT2D eigenvalue weighted by atomic mass is 10.1. The van der Waals surface area contributed by atoms with Gasteiger partial charge < -0.3 is 15.2 Å². The lowest BCUT2D eigenvalue weighted by Gasteiger charge is -2.07. The van der Waals surface area contributed by atoms with Crippen LogP contribution in [-0.4, -0.2) is 23.6 Å². The molecule has 122 valence electrons. The van der Waals surface area contributed by atoms with Gasteiger partial charge in [0.2, 0.25) is 0 Å². The Morgan fingerprint density at radius 2 is 1.88 bits per heavy atom. The highest BCUT2D eigenvalue weighted by atomic mass is 32.1. The SMILES string of the molecule is CCOC(=O)c1sc2c(O)cccc2c1NC(=O)c1ccccc1.